The second-order valence-corrected chi connectivity index (χ2v) is 3.00. The van der Waals surface area contributed by atoms with Crippen LogP contribution in [0.3, 0.4) is 0 Å². The SMILES string of the molecule is CCOC(=O)Cc1occ(C)c1C(=O)O. The minimum atomic E-state index is -1.10. The van der Waals surface area contributed by atoms with Crippen molar-refractivity contribution < 1.29 is 23.8 Å². The number of carboxylic acids is 1. The first-order chi connectivity index (χ1) is 7.06. The van der Waals surface area contributed by atoms with Crippen molar-refractivity contribution in [3.63, 3.8) is 0 Å². The zero-order valence-electron chi connectivity index (χ0n) is 8.57. The van der Waals surface area contributed by atoms with Crippen LogP contribution in [0, 0.1) is 6.92 Å². The summed E-state index contributed by atoms with van der Waals surface area (Å²) in [5.41, 5.74) is 0.546. The van der Waals surface area contributed by atoms with Crippen LogP contribution in [0.25, 0.3) is 0 Å². The van der Waals surface area contributed by atoms with Gasteiger partial charge in [0.25, 0.3) is 0 Å². The highest BCUT2D eigenvalue weighted by Gasteiger charge is 2.20. The van der Waals surface area contributed by atoms with Crippen molar-refractivity contribution in [1.82, 2.24) is 0 Å². The van der Waals surface area contributed by atoms with Gasteiger partial charge in [-0.2, -0.15) is 0 Å². The van der Waals surface area contributed by atoms with E-state index in [0.29, 0.717) is 5.56 Å². The first-order valence-electron chi connectivity index (χ1n) is 4.52. The van der Waals surface area contributed by atoms with Crippen LogP contribution in [0.4, 0.5) is 0 Å². The molecule has 0 aliphatic rings. The van der Waals surface area contributed by atoms with Crippen molar-refractivity contribution in [2.75, 3.05) is 6.61 Å². The number of carboxylic acid groups (broad SMARTS) is 1. The summed E-state index contributed by atoms with van der Waals surface area (Å²) in [6.07, 6.45) is 1.17. The molecule has 0 aliphatic carbocycles. The Morgan fingerprint density at radius 3 is 2.73 bits per heavy atom. The normalized spacial score (nSPS) is 10.0. The van der Waals surface area contributed by atoms with Crippen LogP contribution in [0.5, 0.6) is 0 Å². The number of ether oxygens (including phenoxy) is 1. The molecule has 15 heavy (non-hydrogen) atoms. The minimum absolute atomic E-state index is 0.0445. The molecule has 0 unspecified atom stereocenters. The van der Waals surface area contributed by atoms with Crippen LogP contribution >= 0.6 is 0 Å². The number of hydrogen-bond acceptors (Lipinski definition) is 4. The van der Waals surface area contributed by atoms with Crippen molar-refractivity contribution in [2.24, 2.45) is 0 Å². The minimum Gasteiger partial charge on any atom is -0.478 e. The lowest BCUT2D eigenvalue weighted by Gasteiger charge is -2.00. The van der Waals surface area contributed by atoms with Gasteiger partial charge in [-0.1, -0.05) is 0 Å². The molecule has 0 bridgehead atoms. The van der Waals surface area contributed by atoms with E-state index in [4.69, 9.17) is 14.3 Å². The van der Waals surface area contributed by atoms with E-state index in [1.165, 1.54) is 6.26 Å². The number of carbonyl (C=O) groups is 2. The van der Waals surface area contributed by atoms with Crippen LogP contribution in [0.2, 0.25) is 0 Å². The Labute approximate surface area is 86.6 Å². The fourth-order valence-corrected chi connectivity index (χ4v) is 1.26. The summed E-state index contributed by atoms with van der Waals surface area (Å²) in [5.74, 6) is -1.45. The molecule has 1 heterocycles. The number of aryl methyl sites for hydroxylation is 1. The average molecular weight is 212 g/mol. The molecule has 1 aromatic rings. The molecule has 1 rings (SSSR count). The van der Waals surface area contributed by atoms with E-state index in [-0.39, 0.29) is 24.4 Å². The van der Waals surface area contributed by atoms with Crippen molar-refractivity contribution >= 4 is 11.9 Å². The monoisotopic (exact) mass is 212 g/mol. The molecule has 0 aromatic carbocycles. The van der Waals surface area contributed by atoms with Gasteiger partial charge in [-0.15, -0.1) is 0 Å². The Morgan fingerprint density at radius 1 is 1.53 bits per heavy atom. The first kappa shape index (κ1) is 11.3. The lowest BCUT2D eigenvalue weighted by Crippen LogP contribution is -2.10. The van der Waals surface area contributed by atoms with Gasteiger partial charge in [-0.05, 0) is 13.8 Å². The van der Waals surface area contributed by atoms with Gasteiger partial charge in [0.15, 0.2) is 0 Å². The van der Waals surface area contributed by atoms with E-state index in [1.807, 2.05) is 0 Å². The Balaban J connectivity index is 2.86. The average Bonchev–Trinajstić information content (AvgIpc) is 2.47. The predicted molar refractivity (Wildman–Crippen MR) is 50.7 cm³/mol. The maximum atomic E-state index is 11.1. The quantitative estimate of drug-likeness (QED) is 0.763. The van der Waals surface area contributed by atoms with Gasteiger partial charge in [0, 0.05) is 5.56 Å². The third kappa shape index (κ3) is 2.59. The van der Waals surface area contributed by atoms with E-state index < -0.39 is 11.9 Å². The first-order valence-corrected chi connectivity index (χ1v) is 4.52. The summed E-state index contributed by atoms with van der Waals surface area (Å²) in [6, 6.07) is 0. The summed E-state index contributed by atoms with van der Waals surface area (Å²) in [5, 5.41) is 8.87. The number of furan rings is 1. The lowest BCUT2D eigenvalue weighted by molar-refractivity contribution is -0.142. The number of hydrogen-bond donors (Lipinski definition) is 1. The fourth-order valence-electron chi connectivity index (χ4n) is 1.26. The second-order valence-electron chi connectivity index (χ2n) is 3.00. The van der Waals surface area contributed by atoms with Crippen LogP contribution in [-0.2, 0) is 16.0 Å². The largest absolute Gasteiger partial charge is 0.478 e. The Morgan fingerprint density at radius 2 is 2.20 bits per heavy atom. The smallest absolute Gasteiger partial charge is 0.339 e. The molecular weight excluding hydrogens is 200 g/mol. The molecule has 0 radical (unpaired) electrons. The van der Waals surface area contributed by atoms with Crippen LogP contribution in [0.1, 0.15) is 28.6 Å². The Bertz CT molecular complexity index is 377. The van der Waals surface area contributed by atoms with Gasteiger partial charge in [0.2, 0.25) is 0 Å². The van der Waals surface area contributed by atoms with Crippen molar-refractivity contribution in [3.05, 3.63) is 23.2 Å². The van der Waals surface area contributed by atoms with Crippen LogP contribution < -0.4 is 0 Å². The second kappa shape index (κ2) is 4.63. The van der Waals surface area contributed by atoms with Crippen molar-refractivity contribution in [1.29, 1.82) is 0 Å². The highest BCUT2D eigenvalue weighted by Crippen LogP contribution is 2.17. The van der Waals surface area contributed by atoms with Gasteiger partial charge in [-0.25, -0.2) is 4.79 Å². The Kier molecular flexibility index (Phi) is 3.49. The van der Waals surface area contributed by atoms with Crippen molar-refractivity contribution in [2.45, 2.75) is 20.3 Å². The molecule has 5 heteroatoms. The molecular formula is C10H12O5. The molecule has 1 aromatic heterocycles. The Hall–Kier alpha value is -1.78. The molecule has 82 valence electrons. The summed E-state index contributed by atoms with van der Waals surface area (Å²) in [4.78, 5) is 22.0. The van der Waals surface area contributed by atoms with E-state index in [2.05, 4.69) is 0 Å². The standard InChI is InChI=1S/C10H12O5/c1-3-14-8(11)4-7-9(10(12)13)6(2)5-15-7/h5H,3-4H2,1-2H3,(H,12,13). The zero-order valence-corrected chi connectivity index (χ0v) is 8.57. The molecule has 0 spiro atoms. The summed E-state index contributed by atoms with van der Waals surface area (Å²) < 4.78 is 9.69. The molecule has 0 aliphatic heterocycles. The zero-order chi connectivity index (χ0) is 11.4. The number of aromatic carboxylic acids is 1. The van der Waals surface area contributed by atoms with Gasteiger partial charge in [0.05, 0.1) is 12.9 Å². The summed E-state index contributed by atoms with van der Waals surface area (Å²) >= 11 is 0. The molecule has 0 saturated heterocycles. The molecule has 0 amide bonds. The lowest BCUT2D eigenvalue weighted by atomic mass is 10.1. The number of carbonyl (C=O) groups excluding carboxylic acids is 1. The van der Waals surface area contributed by atoms with Gasteiger partial charge >= 0.3 is 11.9 Å². The summed E-state index contributed by atoms with van der Waals surface area (Å²) in [6.45, 7) is 3.56. The third-order valence-electron chi connectivity index (χ3n) is 1.88. The topological polar surface area (TPSA) is 76.7 Å². The third-order valence-corrected chi connectivity index (χ3v) is 1.88. The van der Waals surface area contributed by atoms with E-state index >= 15 is 0 Å². The van der Waals surface area contributed by atoms with Gasteiger partial charge in [0.1, 0.15) is 17.7 Å². The van der Waals surface area contributed by atoms with Crippen LogP contribution in [-0.4, -0.2) is 23.7 Å². The van der Waals surface area contributed by atoms with Crippen molar-refractivity contribution in [3.8, 4) is 0 Å². The number of esters is 1. The molecule has 1 N–H and O–H groups in total. The molecule has 0 atom stereocenters. The van der Waals surface area contributed by atoms with E-state index in [1.54, 1.807) is 13.8 Å². The highest BCUT2D eigenvalue weighted by atomic mass is 16.5. The summed E-state index contributed by atoms with van der Waals surface area (Å²) in [7, 11) is 0. The molecule has 0 saturated carbocycles. The van der Waals surface area contributed by atoms with E-state index in [9.17, 15) is 9.59 Å². The van der Waals surface area contributed by atoms with Gasteiger partial charge < -0.3 is 14.3 Å². The number of rotatable bonds is 4. The molecule has 5 nitrogen and oxygen atoms in total. The van der Waals surface area contributed by atoms with Gasteiger partial charge in [-0.3, -0.25) is 4.79 Å². The fraction of sp³-hybridized carbons (Fsp3) is 0.400. The maximum Gasteiger partial charge on any atom is 0.339 e. The van der Waals surface area contributed by atoms with Crippen LogP contribution in [0.15, 0.2) is 10.7 Å². The molecule has 0 fully saturated rings. The predicted octanol–water partition coefficient (Wildman–Crippen LogP) is 1.39. The highest BCUT2D eigenvalue weighted by molar-refractivity contribution is 5.91. The maximum absolute atomic E-state index is 11.1. The van der Waals surface area contributed by atoms with E-state index in [0.717, 1.165) is 0 Å².